The van der Waals surface area contributed by atoms with E-state index >= 15 is 0 Å². The first kappa shape index (κ1) is 16.4. The van der Waals surface area contributed by atoms with E-state index in [1.807, 2.05) is 35.0 Å². The Labute approximate surface area is 135 Å². The summed E-state index contributed by atoms with van der Waals surface area (Å²) in [6.45, 7) is 4.84. The monoisotopic (exact) mass is 319 g/mol. The van der Waals surface area contributed by atoms with Crippen LogP contribution in [0.25, 0.3) is 5.69 Å². The van der Waals surface area contributed by atoms with Gasteiger partial charge in [-0.2, -0.15) is 0 Å². The topological polar surface area (TPSA) is 56.2 Å². The smallest absolute Gasteiger partial charge is 0.230 e. The lowest BCUT2D eigenvalue weighted by Gasteiger charge is -2.10. The molecular formula is C16H21N3O2S. The fraction of sp³-hybridized carbons (Fsp3) is 0.375. The Morgan fingerprint density at radius 3 is 3.00 bits per heavy atom. The number of ether oxygens (including phenoxy) is 1. The molecule has 0 aliphatic heterocycles. The number of aromatic nitrogens is 2. The summed E-state index contributed by atoms with van der Waals surface area (Å²) in [6, 6.07) is 7.74. The minimum absolute atomic E-state index is 0.0268. The third kappa shape index (κ3) is 4.53. The number of rotatable bonds is 7. The van der Waals surface area contributed by atoms with Crippen LogP contribution in [0.15, 0.2) is 41.8 Å². The molecule has 0 radical (unpaired) electrons. The van der Waals surface area contributed by atoms with Gasteiger partial charge in [-0.25, -0.2) is 4.98 Å². The van der Waals surface area contributed by atoms with E-state index < -0.39 is 0 Å². The lowest BCUT2D eigenvalue weighted by atomic mass is 10.2. The summed E-state index contributed by atoms with van der Waals surface area (Å²) in [5.41, 5.74) is 0.960. The van der Waals surface area contributed by atoms with Crippen LogP contribution < -0.4 is 10.1 Å². The molecule has 1 N–H and O–H groups in total. The van der Waals surface area contributed by atoms with Crippen LogP contribution in [0.2, 0.25) is 0 Å². The molecular weight excluding hydrogens is 298 g/mol. The summed E-state index contributed by atoms with van der Waals surface area (Å²) in [6.07, 6.45) is 3.61. The highest BCUT2D eigenvalue weighted by molar-refractivity contribution is 7.99. The number of imidazole rings is 1. The molecule has 0 aliphatic carbocycles. The molecule has 1 aromatic heterocycles. The summed E-state index contributed by atoms with van der Waals surface area (Å²) in [5.74, 6) is 1.62. The second-order valence-electron chi connectivity index (χ2n) is 5.27. The predicted octanol–water partition coefficient (Wildman–Crippen LogP) is 2.75. The van der Waals surface area contributed by atoms with Gasteiger partial charge in [-0.15, -0.1) is 0 Å². The maximum atomic E-state index is 11.8. The van der Waals surface area contributed by atoms with Crippen molar-refractivity contribution >= 4 is 17.7 Å². The zero-order chi connectivity index (χ0) is 15.9. The molecule has 1 heterocycles. The van der Waals surface area contributed by atoms with Crippen LogP contribution >= 0.6 is 11.8 Å². The minimum Gasteiger partial charge on any atom is -0.497 e. The average molecular weight is 319 g/mol. The number of thioether (sulfide) groups is 1. The van der Waals surface area contributed by atoms with E-state index in [4.69, 9.17) is 4.74 Å². The molecule has 0 atom stereocenters. The van der Waals surface area contributed by atoms with Gasteiger partial charge in [0, 0.05) is 25.0 Å². The van der Waals surface area contributed by atoms with Gasteiger partial charge in [-0.3, -0.25) is 9.36 Å². The second kappa shape index (κ2) is 7.89. The fourth-order valence-electron chi connectivity index (χ4n) is 1.85. The van der Waals surface area contributed by atoms with Crippen LogP contribution in [-0.2, 0) is 4.79 Å². The number of nitrogens with one attached hydrogen (secondary N) is 1. The van der Waals surface area contributed by atoms with Gasteiger partial charge in [0.25, 0.3) is 0 Å². The lowest BCUT2D eigenvalue weighted by molar-refractivity contribution is -0.118. The average Bonchev–Trinajstić information content (AvgIpc) is 2.99. The highest BCUT2D eigenvalue weighted by Crippen LogP contribution is 2.22. The van der Waals surface area contributed by atoms with Gasteiger partial charge in [0.15, 0.2) is 5.16 Å². The maximum absolute atomic E-state index is 11.8. The molecule has 1 amide bonds. The molecule has 22 heavy (non-hydrogen) atoms. The number of benzene rings is 1. The van der Waals surface area contributed by atoms with Crippen molar-refractivity contribution in [1.29, 1.82) is 0 Å². The number of carbonyl (C=O) groups is 1. The molecule has 0 fully saturated rings. The molecule has 6 heteroatoms. The van der Waals surface area contributed by atoms with E-state index in [9.17, 15) is 4.79 Å². The predicted molar refractivity (Wildman–Crippen MR) is 88.7 cm³/mol. The quantitative estimate of drug-likeness (QED) is 0.797. The number of nitrogens with zero attached hydrogens (tertiary/aromatic N) is 2. The third-order valence-corrected chi connectivity index (χ3v) is 3.94. The van der Waals surface area contributed by atoms with Gasteiger partial charge in [0.1, 0.15) is 5.75 Å². The van der Waals surface area contributed by atoms with E-state index in [0.29, 0.717) is 18.2 Å². The number of hydrogen-bond acceptors (Lipinski definition) is 4. The lowest BCUT2D eigenvalue weighted by Crippen LogP contribution is -2.28. The van der Waals surface area contributed by atoms with Crippen LogP contribution in [-0.4, -0.2) is 34.9 Å². The minimum atomic E-state index is 0.0268. The first-order valence-electron chi connectivity index (χ1n) is 7.17. The Morgan fingerprint density at radius 1 is 1.45 bits per heavy atom. The molecule has 118 valence electrons. The Hall–Kier alpha value is -1.95. The van der Waals surface area contributed by atoms with Crippen molar-refractivity contribution in [3.05, 3.63) is 36.7 Å². The normalized spacial score (nSPS) is 10.7. The first-order chi connectivity index (χ1) is 10.6. The molecule has 0 bridgehead atoms. The molecule has 0 saturated heterocycles. The molecule has 0 unspecified atom stereocenters. The van der Waals surface area contributed by atoms with Crippen molar-refractivity contribution in [1.82, 2.24) is 14.9 Å². The number of carbonyl (C=O) groups excluding carboxylic acids is 1. The number of hydrogen-bond donors (Lipinski definition) is 1. The largest absolute Gasteiger partial charge is 0.497 e. The van der Waals surface area contributed by atoms with E-state index in [1.165, 1.54) is 11.8 Å². The summed E-state index contributed by atoms with van der Waals surface area (Å²) >= 11 is 1.42. The van der Waals surface area contributed by atoms with Crippen molar-refractivity contribution in [3.63, 3.8) is 0 Å². The Balaban J connectivity index is 2.02. The van der Waals surface area contributed by atoms with E-state index in [2.05, 4.69) is 24.1 Å². The highest BCUT2D eigenvalue weighted by Gasteiger charge is 2.09. The zero-order valence-electron chi connectivity index (χ0n) is 13.1. The van der Waals surface area contributed by atoms with Crippen LogP contribution in [0, 0.1) is 5.92 Å². The number of amides is 1. The van der Waals surface area contributed by atoms with Crippen molar-refractivity contribution in [2.24, 2.45) is 5.92 Å². The van der Waals surface area contributed by atoms with Gasteiger partial charge in [-0.05, 0) is 18.1 Å². The molecule has 0 spiro atoms. The third-order valence-electron chi connectivity index (χ3n) is 2.98. The van der Waals surface area contributed by atoms with Crippen molar-refractivity contribution in [2.45, 2.75) is 19.0 Å². The van der Waals surface area contributed by atoms with E-state index in [1.54, 1.807) is 13.3 Å². The van der Waals surface area contributed by atoms with E-state index in [-0.39, 0.29) is 5.91 Å². The first-order valence-corrected chi connectivity index (χ1v) is 8.16. The SMILES string of the molecule is COc1cccc(-n2ccnc2SCC(=O)NCC(C)C)c1. The standard InChI is InChI=1S/C16H21N3O2S/c1-12(2)10-18-15(20)11-22-16-17-7-8-19(16)13-5-4-6-14(9-13)21-3/h4-9,12H,10-11H2,1-3H3,(H,18,20). The van der Waals surface area contributed by atoms with Crippen LogP contribution in [0.3, 0.4) is 0 Å². The second-order valence-corrected chi connectivity index (χ2v) is 6.21. The summed E-state index contributed by atoms with van der Waals surface area (Å²) in [7, 11) is 1.64. The molecule has 1 aromatic carbocycles. The highest BCUT2D eigenvalue weighted by atomic mass is 32.2. The number of methoxy groups -OCH3 is 1. The van der Waals surface area contributed by atoms with Crippen molar-refractivity contribution < 1.29 is 9.53 Å². The van der Waals surface area contributed by atoms with Crippen LogP contribution in [0.1, 0.15) is 13.8 Å². The molecule has 5 nitrogen and oxygen atoms in total. The Bertz CT molecular complexity index is 625. The summed E-state index contributed by atoms with van der Waals surface area (Å²) in [4.78, 5) is 16.1. The van der Waals surface area contributed by atoms with E-state index in [0.717, 1.165) is 16.6 Å². The van der Waals surface area contributed by atoms with Crippen LogP contribution in [0.5, 0.6) is 5.75 Å². The van der Waals surface area contributed by atoms with Gasteiger partial charge in [-0.1, -0.05) is 31.7 Å². The molecule has 2 aromatic rings. The molecule has 0 saturated carbocycles. The van der Waals surface area contributed by atoms with Gasteiger partial charge in [0.2, 0.25) is 5.91 Å². The Kier molecular flexibility index (Phi) is 5.89. The maximum Gasteiger partial charge on any atom is 0.230 e. The van der Waals surface area contributed by atoms with Gasteiger partial charge >= 0.3 is 0 Å². The zero-order valence-corrected chi connectivity index (χ0v) is 13.9. The summed E-state index contributed by atoms with van der Waals surface area (Å²) < 4.78 is 7.19. The molecule has 0 aliphatic rings. The fourth-order valence-corrected chi connectivity index (χ4v) is 2.66. The van der Waals surface area contributed by atoms with Crippen molar-refractivity contribution in [3.8, 4) is 11.4 Å². The van der Waals surface area contributed by atoms with Gasteiger partial charge < -0.3 is 10.1 Å². The summed E-state index contributed by atoms with van der Waals surface area (Å²) in [5, 5.41) is 3.69. The van der Waals surface area contributed by atoms with Crippen molar-refractivity contribution in [2.75, 3.05) is 19.4 Å². The molecule has 2 rings (SSSR count). The van der Waals surface area contributed by atoms with Gasteiger partial charge in [0.05, 0.1) is 18.6 Å². The Morgan fingerprint density at radius 2 is 2.27 bits per heavy atom. The van der Waals surface area contributed by atoms with Crippen LogP contribution in [0.4, 0.5) is 0 Å².